The summed E-state index contributed by atoms with van der Waals surface area (Å²) in [6.45, 7) is 2.16. The molecule has 0 radical (unpaired) electrons. The average Bonchev–Trinajstić information content (AvgIpc) is 2.61. The molecule has 0 saturated carbocycles. The number of benzene rings is 1. The molecule has 1 heterocycles. The van der Waals surface area contributed by atoms with Gasteiger partial charge in [-0.2, -0.15) is 0 Å². The third-order valence-corrected chi connectivity index (χ3v) is 4.95. The first-order valence-corrected chi connectivity index (χ1v) is 7.26. The summed E-state index contributed by atoms with van der Waals surface area (Å²) in [4.78, 5) is 13.6. The molecular formula is C12H13Cl2NO2S. The van der Waals surface area contributed by atoms with Crippen LogP contribution in [0.25, 0.3) is 0 Å². The van der Waals surface area contributed by atoms with Crippen LogP contribution in [-0.2, 0) is 4.79 Å². The second kappa shape index (κ2) is 5.70. The van der Waals surface area contributed by atoms with Crippen molar-refractivity contribution >= 4 is 40.9 Å². The van der Waals surface area contributed by atoms with Crippen molar-refractivity contribution < 1.29 is 9.90 Å². The van der Waals surface area contributed by atoms with Gasteiger partial charge in [0.2, 0.25) is 5.91 Å². The van der Waals surface area contributed by atoms with Crippen molar-refractivity contribution in [3.8, 4) is 0 Å². The van der Waals surface area contributed by atoms with E-state index in [1.165, 1.54) is 0 Å². The number of carbonyl (C=O) groups excluding carboxylic acids is 1. The lowest BCUT2D eigenvalue weighted by Crippen LogP contribution is -2.32. The van der Waals surface area contributed by atoms with E-state index in [1.54, 1.807) is 28.8 Å². The van der Waals surface area contributed by atoms with Crippen LogP contribution in [0.4, 0.5) is 0 Å². The van der Waals surface area contributed by atoms with E-state index in [-0.39, 0.29) is 23.1 Å². The molecule has 6 heteroatoms. The molecule has 18 heavy (non-hydrogen) atoms. The van der Waals surface area contributed by atoms with Gasteiger partial charge in [0.1, 0.15) is 5.37 Å². The number of thioether (sulfide) groups is 1. The number of amides is 1. The van der Waals surface area contributed by atoms with Crippen LogP contribution in [0.5, 0.6) is 0 Å². The highest BCUT2D eigenvalue weighted by Gasteiger charge is 2.38. The van der Waals surface area contributed by atoms with E-state index in [0.29, 0.717) is 16.6 Å². The van der Waals surface area contributed by atoms with Gasteiger partial charge in [0.25, 0.3) is 0 Å². The molecule has 0 aliphatic carbocycles. The molecule has 0 aromatic heterocycles. The molecule has 1 aromatic rings. The van der Waals surface area contributed by atoms with E-state index in [0.717, 1.165) is 5.56 Å². The van der Waals surface area contributed by atoms with Crippen molar-refractivity contribution in [1.29, 1.82) is 0 Å². The highest BCUT2D eigenvalue weighted by molar-refractivity contribution is 8.01. The molecule has 1 fully saturated rings. The molecule has 1 N–H and O–H groups in total. The molecular weight excluding hydrogens is 293 g/mol. The molecule has 0 spiro atoms. The highest BCUT2D eigenvalue weighted by Crippen LogP contribution is 2.43. The average molecular weight is 306 g/mol. The minimum Gasteiger partial charge on any atom is -0.395 e. The number of rotatable bonds is 3. The van der Waals surface area contributed by atoms with Crippen LogP contribution in [0.15, 0.2) is 18.2 Å². The summed E-state index contributed by atoms with van der Waals surface area (Å²) in [6.07, 6.45) is 0. The zero-order chi connectivity index (χ0) is 13.3. The Kier molecular flexibility index (Phi) is 4.43. The summed E-state index contributed by atoms with van der Waals surface area (Å²) >= 11 is 13.4. The van der Waals surface area contributed by atoms with Gasteiger partial charge in [-0.25, -0.2) is 0 Å². The Morgan fingerprint density at radius 1 is 1.39 bits per heavy atom. The van der Waals surface area contributed by atoms with E-state index in [2.05, 4.69) is 0 Å². The first kappa shape index (κ1) is 14.0. The molecule has 1 aliphatic heterocycles. The summed E-state index contributed by atoms with van der Waals surface area (Å²) in [5.41, 5.74) is 0.931. The molecule has 98 valence electrons. The van der Waals surface area contributed by atoms with E-state index < -0.39 is 0 Å². The van der Waals surface area contributed by atoms with Crippen LogP contribution in [0.3, 0.4) is 0 Å². The van der Waals surface area contributed by atoms with E-state index in [1.807, 2.05) is 13.0 Å². The number of aliphatic hydroxyl groups is 1. The van der Waals surface area contributed by atoms with Crippen LogP contribution in [0.1, 0.15) is 17.9 Å². The lowest BCUT2D eigenvalue weighted by molar-refractivity contribution is -0.130. The second-order valence-electron chi connectivity index (χ2n) is 4.06. The van der Waals surface area contributed by atoms with Crippen molar-refractivity contribution in [2.75, 3.05) is 13.2 Å². The van der Waals surface area contributed by atoms with Gasteiger partial charge in [-0.05, 0) is 24.6 Å². The van der Waals surface area contributed by atoms with Crippen molar-refractivity contribution in [3.63, 3.8) is 0 Å². The number of aliphatic hydroxyl groups excluding tert-OH is 1. The Morgan fingerprint density at radius 2 is 2.11 bits per heavy atom. The van der Waals surface area contributed by atoms with Crippen molar-refractivity contribution in [3.05, 3.63) is 33.8 Å². The van der Waals surface area contributed by atoms with Crippen LogP contribution < -0.4 is 0 Å². The van der Waals surface area contributed by atoms with Gasteiger partial charge < -0.3 is 10.0 Å². The van der Waals surface area contributed by atoms with Crippen molar-refractivity contribution in [2.24, 2.45) is 0 Å². The Hall–Kier alpha value is -0.420. The highest BCUT2D eigenvalue weighted by atomic mass is 35.5. The summed E-state index contributed by atoms with van der Waals surface area (Å²) in [5.74, 6) is 0.0464. The van der Waals surface area contributed by atoms with Gasteiger partial charge >= 0.3 is 0 Å². The van der Waals surface area contributed by atoms with Crippen molar-refractivity contribution in [1.82, 2.24) is 4.90 Å². The number of hydrogen-bond donors (Lipinski definition) is 1. The molecule has 2 rings (SSSR count). The monoisotopic (exact) mass is 305 g/mol. The molecule has 2 atom stereocenters. The van der Waals surface area contributed by atoms with Crippen LogP contribution in [-0.4, -0.2) is 34.3 Å². The van der Waals surface area contributed by atoms with Gasteiger partial charge in [-0.3, -0.25) is 4.79 Å². The lowest BCUT2D eigenvalue weighted by atomic mass is 10.2. The van der Waals surface area contributed by atoms with Gasteiger partial charge in [-0.15, -0.1) is 11.8 Å². The van der Waals surface area contributed by atoms with Crippen LogP contribution >= 0.6 is 35.0 Å². The Morgan fingerprint density at radius 3 is 2.72 bits per heavy atom. The number of hydrogen-bond acceptors (Lipinski definition) is 3. The number of halogens is 2. The number of carbonyl (C=O) groups is 1. The maximum Gasteiger partial charge on any atom is 0.236 e. The SMILES string of the molecule is C[C@@H]1S[C@@H](c2ccc(Cl)c(Cl)c2)N(CCO)C1=O. The molecule has 3 nitrogen and oxygen atoms in total. The van der Waals surface area contributed by atoms with Crippen LogP contribution in [0.2, 0.25) is 10.0 Å². The molecule has 0 bridgehead atoms. The Bertz CT molecular complexity index is 469. The summed E-state index contributed by atoms with van der Waals surface area (Å²) in [7, 11) is 0. The largest absolute Gasteiger partial charge is 0.395 e. The summed E-state index contributed by atoms with van der Waals surface area (Å²) in [6, 6.07) is 5.36. The quantitative estimate of drug-likeness (QED) is 0.933. The Labute approximate surface area is 120 Å². The molecule has 0 unspecified atom stereocenters. The smallest absolute Gasteiger partial charge is 0.236 e. The number of nitrogens with zero attached hydrogens (tertiary/aromatic N) is 1. The predicted molar refractivity (Wildman–Crippen MR) is 75.1 cm³/mol. The second-order valence-corrected chi connectivity index (χ2v) is 6.30. The third kappa shape index (κ3) is 2.62. The van der Waals surface area contributed by atoms with Crippen molar-refractivity contribution in [2.45, 2.75) is 17.5 Å². The van der Waals surface area contributed by atoms with Gasteiger partial charge in [0, 0.05) is 6.54 Å². The fraction of sp³-hybridized carbons (Fsp3) is 0.417. The molecule has 1 aliphatic rings. The summed E-state index contributed by atoms with van der Waals surface area (Å²) in [5, 5.41) is 9.81. The maximum atomic E-state index is 12.0. The molecule has 1 amide bonds. The topological polar surface area (TPSA) is 40.5 Å². The van der Waals surface area contributed by atoms with Gasteiger partial charge in [0.15, 0.2) is 0 Å². The maximum absolute atomic E-state index is 12.0. The van der Waals surface area contributed by atoms with Crippen LogP contribution in [0, 0.1) is 0 Å². The standard InChI is InChI=1S/C12H13Cl2NO2S/c1-7-11(17)15(4-5-16)12(18-7)8-2-3-9(13)10(14)6-8/h2-3,6-7,12,16H,4-5H2,1H3/t7-,12-/m0/s1. The zero-order valence-electron chi connectivity index (χ0n) is 9.77. The first-order valence-electron chi connectivity index (χ1n) is 5.56. The normalized spacial score (nSPS) is 23.8. The van der Waals surface area contributed by atoms with Gasteiger partial charge in [-0.1, -0.05) is 29.3 Å². The fourth-order valence-corrected chi connectivity index (χ4v) is 3.54. The minimum atomic E-state index is -0.102. The first-order chi connectivity index (χ1) is 8.54. The van der Waals surface area contributed by atoms with E-state index >= 15 is 0 Å². The Balaban J connectivity index is 2.30. The van der Waals surface area contributed by atoms with E-state index in [4.69, 9.17) is 28.3 Å². The lowest BCUT2D eigenvalue weighted by Gasteiger charge is -2.23. The fourth-order valence-electron chi connectivity index (χ4n) is 1.93. The third-order valence-electron chi connectivity index (χ3n) is 2.82. The molecule has 1 aromatic carbocycles. The van der Waals surface area contributed by atoms with E-state index in [9.17, 15) is 4.79 Å². The predicted octanol–water partition coefficient (Wildman–Crippen LogP) is 2.95. The minimum absolute atomic E-state index is 0.0448. The zero-order valence-corrected chi connectivity index (χ0v) is 12.1. The summed E-state index contributed by atoms with van der Waals surface area (Å²) < 4.78 is 0. The number of β-amino-alcohol motifs (C(OH)–C–C–N with tert-alkyl or cyclic N) is 1. The molecule has 1 saturated heterocycles. The van der Waals surface area contributed by atoms with Gasteiger partial charge in [0.05, 0.1) is 21.9 Å².